The largest absolute Gasteiger partial charge is 0.453 e. The van der Waals surface area contributed by atoms with Gasteiger partial charge >= 0.3 is 6.09 Å². The number of nitrogens with zero attached hydrogens (tertiary/aromatic N) is 1. The fourth-order valence-corrected chi connectivity index (χ4v) is 1.98. The Morgan fingerprint density at radius 2 is 2.19 bits per heavy atom. The maximum absolute atomic E-state index is 11.1. The van der Waals surface area contributed by atoms with Crippen LogP contribution in [-0.2, 0) is 4.74 Å². The van der Waals surface area contributed by atoms with Crippen LogP contribution in [0.15, 0.2) is 30.3 Å². The van der Waals surface area contributed by atoms with Crippen LogP contribution in [0.25, 0.3) is 0 Å². The normalized spacial score (nSPS) is 19.6. The monoisotopic (exact) mass is 220 g/mol. The second-order valence-electron chi connectivity index (χ2n) is 3.90. The first-order valence-corrected chi connectivity index (χ1v) is 5.44. The standard InChI is InChI=1S/C12H16N2O2/c1-16-12(15)13-10-7-8-14(9-10)11-5-3-2-4-6-11/h2-6,10H,7-9H2,1H3,(H,13,15)/t10-/m1/s1. The summed E-state index contributed by atoms with van der Waals surface area (Å²) in [5, 5.41) is 2.83. The molecule has 2 rings (SSSR count). The van der Waals surface area contributed by atoms with Gasteiger partial charge in [-0.15, -0.1) is 0 Å². The Hall–Kier alpha value is -1.71. The molecular formula is C12H16N2O2. The Bertz CT molecular complexity index is 353. The van der Waals surface area contributed by atoms with E-state index in [-0.39, 0.29) is 12.1 Å². The topological polar surface area (TPSA) is 41.6 Å². The van der Waals surface area contributed by atoms with E-state index < -0.39 is 0 Å². The van der Waals surface area contributed by atoms with Crippen LogP contribution in [0.5, 0.6) is 0 Å². The molecule has 1 fully saturated rings. The van der Waals surface area contributed by atoms with E-state index in [1.54, 1.807) is 0 Å². The van der Waals surface area contributed by atoms with Crippen LogP contribution in [-0.4, -0.2) is 32.3 Å². The number of alkyl carbamates (subject to hydrolysis) is 1. The van der Waals surface area contributed by atoms with Gasteiger partial charge in [0.05, 0.1) is 13.2 Å². The third-order valence-corrected chi connectivity index (χ3v) is 2.82. The van der Waals surface area contributed by atoms with E-state index in [1.165, 1.54) is 12.8 Å². The molecule has 86 valence electrons. The average Bonchev–Trinajstić information content (AvgIpc) is 2.78. The van der Waals surface area contributed by atoms with Crippen LogP contribution in [0.4, 0.5) is 10.5 Å². The molecule has 1 saturated heterocycles. The molecule has 1 aliphatic rings. The lowest BCUT2D eigenvalue weighted by Crippen LogP contribution is -2.36. The number of benzene rings is 1. The number of nitrogens with one attached hydrogen (secondary N) is 1. The van der Waals surface area contributed by atoms with Gasteiger partial charge in [0.1, 0.15) is 0 Å². The summed E-state index contributed by atoms with van der Waals surface area (Å²) < 4.78 is 4.58. The highest BCUT2D eigenvalue weighted by molar-refractivity contribution is 5.67. The van der Waals surface area contributed by atoms with Crippen molar-refractivity contribution in [2.24, 2.45) is 0 Å². The van der Waals surface area contributed by atoms with Crippen LogP contribution < -0.4 is 10.2 Å². The number of carbonyl (C=O) groups is 1. The fraction of sp³-hybridized carbons (Fsp3) is 0.417. The van der Waals surface area contributed by atoms with E-state index in [0.29, 0.717) is 0 Å². The third-order valence-electron chi connectivity index (χ3n) is 2.82. The highest BCUT2D eigenvalue weighted by Crippen LogP contribution is 2.19. The number of hydrogen-bond donors (Lipinski definition) is 1. The molecule has 1 N–H and O–H groups in total. The van der Waals surface area contributed by atoms with Crippen molar-refractivity contribution in [2.45, 2.75) is 12.5 Å². The molecule has 4 heteroatoms. The molecule has 0 saturated carbocycles. The molecule has 1 aliphatic heterocycles. The predicted molar refractivity (Wildman–Crippen MR) is 62.6 cm³/mol. The van der Waals surface area contributed by atoms with Crippen molar-refractivity contribution in [3.8, 4) is 0 Å². The SMILES string of the molecule is COC(=O)N[C@@H]1CCN(c2ccccc2)C1. The predicted octanol–water partition coefficient (Wildman–Crippen LogP) is 1.62. The first-order valence-electron chi connectivity index (χ1n) is 5.44. The molecule has 1 heterocycles. The Kier molecular flexibility index (Phi) is 3.29. The number of rotatable bonds is 2. The van der Waals surface area contributed by atoms with Gasteiger partial charge in [-0.3, -0.25) is 0 Å². The van der Waals surface area contributed by atoms with Crippen molar-refractivity contribution in [1.29, 1.82) is 0 Å². The van der Waals surface area contributed by atoms with E-state index in [2.05, 4.69) is 27.1 Å². The summed E-state index contributed by atoms with van der Waals surface area (Å²) in [5.41, 5.74) is 1.21. The number of methoxy groups -OCH3 is 1. The van der Waals surface area contributed by atoms with Gasteiger partial charge in [0.15, 0.2) is 0 Å². The first kappa shape index (κ1) is 10.8. The Morgan fingerprint density at radius 3 is 2.88 bits per heavy atom. The smallest absolute Gasteiger partial charge is 0.407 e. The number of carbonyl (C=O) groups excluding carboxylic acids is 1. The molecule has 4 nitrogen and oxygen atoms in total. The van der Waals surface area contributed by atoms with E-state index in [0.717, 1.165) is 19.5 Å². The van der Waals surface area contributed by atoms with Gasteiger partial charge in [-0.05, 0) is 18.6 Å². The number of anilines is 1. The Morgan fingerprint density at radius 1 is 1.44 bits per heavy atom. The zero-order chi connectivity index (χ0) is 11.4. The first-order chi connectivity index (χ1) is 7.79. The van der Waals surface area contributed by atoms with Crippen LogP contribution in [0.3, 0.4) is 0 Å². The molecule has 1 atom stereocenters. The summed E-state index contributed by atoms with van der Waals surface area (Å²) in [7, 11) is 1.39. The summed E-state index contributed by atoms with van der Waals surface area (Å²) in [6.07, 6.45) is 0.615. The van der Waals surface area contributed by atoms with Gasteiger partial charge < -0.3 is 15.0 Å². The van der Waals surface area contributed by atoms with Crippen molar-refractivity contribution >= 4 is 11.8 Å². The highest BCUT2D eigenvalue weighted by atomic mass is 16.5. The van der Waals surface area contributed by atoms with Crippen molar-refractivity contribution in [3.63, 3.8) is 0 Å². The minimum Gasteiger partial charge on any atom is -0.453 e. The van der Waals surface area contributed by atoms with Crippen molar-refractivity contribution in [1.82, 2.24) is 5.32 Å². The van der Waals surface area contributed by atoms with Crippen LogP contribution in [0.1, 0.15) is 6.42 Å². The second kappa shape index (κ2) is 4.88. The summed E-state index contributed by atoms with van der Waals surface area (Å²) in [4.78, 5) is 13.3. The van der Waals surface area contributed by atoms with Gasteiger partial charge in [0.25, 0.3) is 0 Å². The molecule has 0 bridgehead atoms. The van der Waals surface area contributed by atoms with Gasteiger partial charge in [0.2, 0.25) is 0 Å². The number of para-hydroxylation sites is 1. The lowest BCUT2D eigenvalue weighted by atomic mass is 10.3. The number of ether oxygens (including phenoxy) is 1. The highest BCUT2D eigenvalue weighted by Gasteiger charge is 2.23. The maximum Gasteiger partial charge on any atom is 0.407 e. The van der Waals surface area contributed by atoms with Crippen LogP contribution in [0.2, 0.25) is 0 Å². The van der Waals surface area contributed by atoms with Crippen LogP contribution >= 0.6 is 0 Å². The summed E-state index contributed by atoms with van der Waals surface area (Å²) >= 11 is 0. The minimum absolute atomic E-state index is 0.188. The summed E-state index contributed by atoms with van der Waals surface area (Å²) in [5.74, 6) is 0. The minimum atomic E-state index is -0.347. The number of hydrogen-bond acceptors (Lipinski definition) is 3. The zero-order valence-electron chi connectivity index (χ0n) is 9.35. The molecule has 1 aromatic rings. The molecule has 0 aromatic heterocycles. The average molecular weight is 220 g/mol. The summed E-state index contributed by atoms with van der Waals surface area (Å²) in [6, 6.07) is 10.4. The van der Waals surface area contributed by atoms with Gasteiger partial charge in [0, 0.05) is 18.8 Å². The van der Waals surface area contributed by atoms with Gasteiger partial charge in [-0.2, -0.15) is 0 Å². The van der Waals surface area contributed by atoms with E-state index in [9.17, 15) is 4.79 Å². The second-order valence-corrected chi connectivity index (χ2v) is 3.90. The Labute approximate surface area is 95.2 Å². The molecule has 0 radical (unpaired) electrons. The zero-order valence-corrected chi connectivity index (χ0v) is 9.35. The summed E-state index contributed by atoms with van der Waals surface area (Å²) in [6.45, 7) is 1.82. The van der Waals surface area contributed by atoms with Gasteiger partial charge in [-0.25, -0.2) is 4.79 Å². The number of amides is 1. The fourth-order valence-electron chi connectivity index (χ4n) is 1.98. The lowest BCUT2D eigenvalue weighted by molar-refractivity contribution is 0.167. The lowest BCUT2D eigenvalue weighted by Gasteiger charge is -2.18. The maximum atomic E-state index is 11.1. The Balaban J connectivity index is 1.91. The molecule has 16 heavy (non-hydrogen) atoms. The molecule has 0 spiro atoms. The van der Waals surface area contributed by atoms with E-state index >= 15 is 0 Å². The molecule has 0 unspecified atom stereocenters. The molecule has 1 amide bonds. The van der Waals surface area contributed by atoms with E-state index in [4.69, 9.17) is 0 Å². The van der Waals surface area contributed by atoms with Crippen molar-refractivity contribution in [3.05, 3.63) is 30.3 Å². The van der Waals surface area contributed by atoms with E-state index in [1.807, 2.05) is 18.2 Å². The van der Waals surface area contributed by atoms with Gasteiger partial charge in [-0.1, -0.05) is 18.2 Å². The quantitative estimate of drug-likeness (QED) is 0.823. The molecular weight excluding hydrogens is 204 g/mol. The van der Waals surface area contributed by atoms with Crippen molar-refractivity contribution < 1.29 is 9.53 Å². The van der Waals surface area contributed by atoms with Crippen molar-refractivity contribution in [2.75, 3.05) is 25.1 Å². The third kappa shape index (κ3) is 2.45. The molecule has 1 aromatic carbocycles. The van der Waals surface area contributed by atoms with Crippen LogP contribution in [0, 0.1) is 0 Å². The molecule has 0 aliphatic carbocycles.